The van der Waals surface area contributed by atoms with Gasteiger partial charge in [0.2, 0.25) is 0 Å². The third-order valence-corrected chi connectivity index (χ3v) is 7.92. The third-order valence-electron chi connectivity index (χ3n) is 6.56. The van der Waals surface area contributed by atoms with Gasteiger partial charge in [-0.15, -0.1) is 0 Å². The fraction of sp³-hybridized carbons (Fsp3) is 0.480. The smallest absolute Gasteiger partial charge is 0.262 e. The molecule has 2 fully saturated rings. The van der Waals surface area contributed by atoms with Crippen LogP contribution in [-0.4, -0.2) is 72.7 Å². The van der Waals surface area contributed by atoms with Gasteiger partial charge >= 0.3 is 0 Å². The predicted molar refractivity (Wildman–Crippen MR) is 136 cm³/mol. The Bertz CT molecular complexity index is 1160. The molecule has 1 atom stereocenters. The first-order valence-electron chi connectivity index (χ1n) is 12.0. The maximum absolute atomic E-state index is 13.4. The van der Waals surface area contributed by atoms with Crippen molar-refractivity contribution < 1.29 is 22.7 Å². The van der Waals surface area contributed by atoms with E-state index in [0.717, 1.165) is 51.3 Å². The zero-order valence-corrected chi connectivity index (χ0v) is 21.4. The summed E-state index contributed by atoms with van der Waals surface area (Å²) in [5.41, 5.74) is 1.61. The van der Waals surface area contributed by atoms with Crippen molar-refractivity contribution in [3.05, 3.63) is 42.0 Å². The van der Waals surface area contributed by atoms with E-state index in [1.807, 2.05) is 11.0 Å². The van der Waals surface area contributed by atoms with Gasteiger partial charge in [0.05, 0.1) is 30.5 Å². The first-order valence-corrected chi connectivity index (χ1v) is 13.4. The van der Waals surface area contributed by atoms with Gasteiger partial charge in [0.25, 0.3) is 15.9 Å². The number of amides is 1. The number of hydrogen-bond donors (Lipinski definition) is 2. The molecule has 0 radical (unpaired) electrons. The number of carbonyl (C=O) groups excluding carboxylic acids is 1. The number of piperazine rings is 1. The first kappa shape index (κ1) is 25.1. The molecule has 1 amide bonds. The van der Waals surface area contributed by atoms with Crippen LogP contribution in [0.1, 0.15) is 30.1 Å². The van der Waals surface area contributed by atoms with Crippen LogP contribution in [0.4, 0.5) is 11.4 Å². The molecule has 2 aromatic carbocycles. The molecule has 2 heterocycles. The van der Waals surface area contributed by atoms with Crippen molar-refractivity contribution in [1.29, 1.82) is 0 Å². The lowest BCUT2D eigenvalue weighted by atomic mass is 9.99. The van der Waals surface area contributed by atoms with Gasteiger partial charge in [-0.1, -0.05) is 6.92 Å². The number of sulfonamides is 1. The molecule has 4 rings (SSSR count). The van der Waals surface area contributed by atoms with E-state index in [2.05, 4.69) is 21.9 Å². The number of methoxy groups -OCH3 is 2. The molecule has 0 aliphatic carbocycles. The Morgan fingerprint density at radius 1 is 1.03 bits per heavy atom. The van der Waals surface area contributed by atoms with Crippen LogP contribution < -0.4 is 24.4 Å². The van der Waals surface area contributed by atoms with Gasteiger partial charge in [0.15, 0.2) is 11.5 Å². The summed E-state index contributed by atoms with van der Waals surface area (Å²) in [5, 5.41) is 3.31. The van der Waals surface area contributed by atoms with E-state index in [1.54, 1.807) is 18.2 Å². The summed E-state index contributed by atoms with van der Waals surface area (Å²) >= 11 is 0. The highest BCUT2D eigenvalue weighted by atomic mass is 32.2. The summed E-state index contributed by atoms with van der Waals surface area (Å²) in [4.78, 5) is 17.3. The van der Waals surface area contributed by atoms with Crippen molar-refractivity contribution in [2.24, 2.45) is 5.92 Å². The van der Waals surface area contributed by atoms with E-state index >= 15 is 0 Å². The lowest BCUT2D eigenvalue weighted by molar-refractivity contribution is 0.0683. The van der Waals surface area contributed by atoms with Crippen molar-refractivity contribution >= 4 is 27.3 Å². The van der Waals surface area contributed by atoms with Crippen LogP contribution in [0.3, 0.4) is 0 Å². The number of anilines is 2. The van der Waals surface area contributed by atoms with E-state index in [4.69, 9.17) is 9.47 Å². The van der Waals surface area contributed by atoms with Crippen LogP contribution in [0.2, 0.25) is 0 Å². The Balaban J connectivity index is 1.69. The number of rotatable bonds is 7. The van der Waals surface area contributed by atoms with Crippen LogP contribution in [0, 0.1) is 5.92 Å². The molecule has 0 aromatic heterocycles. The molecular weight excluding hydrogens is 468 g/mol. The highest BCUT2D eigenvalue weighted by Crippen LogP contribution is 2.33. The summed E-state index contributed by atoms with van der Waals surface area (Å²) < 4.78 is 40.1. The lowest BCUT2D eigenvalue weighted by Crippen LogP contribution is -2.44. The third kappa shape index (κ3) is 5.65. The normalized spacial score (nSPS) is 18.8. The van der Waals surface area contributed by atoms with E-state index in [0.29, 0.717) is 35.2 Å². The number of hydrogen-bond acceptors (Lipinski definition) is 7. The van der Waals surface area contributed by atoms with Crippen molar-refractivity contribution in [2.75, 3.05) is 63.1 Å². The standard InChI is InChI=1S/C25H34N4O5S/c1-18-5-4-12-29(17-18)25(30)19-6-8-22(28-13-10-26-11-14-28)21(15-19)27-35(31,32)20-7-9-23(33-2)24(16-20)34-3/h6-9,15-16,18,26-27H,4-5,10-14,17H2,1-3H3. The molecular formula is C25H34N4O5S. The van der Waals surface area contributed by atoms with E-state index in [9.17, 15) is 13.2 Å². The summed E-state index contributed by atoms with van der Waals surface area (Å²) in [6.07, 6.45) is 2.09. The number of carbonyl (C=O) groups is 1. The molecule has 190 valence electrons. The number of nitrogens with zero attached hydrogens (tertiary/aromatic N) is 2. The van der Waals surface area contributed by atoms with Crippen LogP contribution in [-0.2, 0) is 10.0 Å². The maximum atomic E-state index is 13.4. The summed E-state index contributed by atoms with van der Waals surface area (Å²) in [5.74, 6) is 1.14. The zero-order valence-electron chi connectivity index (χ0n) is 20.5. The second kappa shape index (κ2) is 10.7. The minimum Gasteiger partial charge on any atom is -0.493 e. The molecule has 1 unspecified atom stereocenters. The quantitative estimate of drug-likeness (QED) is 0.601. The van der Waals surface area contributed by atoms with Crippen molar-refractivity contribution in [3.8, 4) is 11.5 Å². The fourth-order valence-electron chi connectivity index (χ4n) is 4.68. The number of piperidine rings is 1. The van der Waals surface area contributed by atoms with Crippen LogP contribution in [0.25, 0.3) is 0 Å². The summed E-state index contributed by atoms with van der Waals surface area (Å²) in [6.45, 7) is 6.66. The molecule has 2 aliphatic heterocycles. The molecule has 10 heteroatoms. The van der Waals surface area contributed by atoms with Crippen LogP contribution in [0.15, 0.2) is 41.3 Å². The van der Waals surface area contributed by atoms with Gasteiger partial charge in [-0.05, 0) is 49.1 Å². The highest BCUT2D eigenvalue weighted by Gasteiger charge is 2.26. The molecule has 2 N–H and O–H groups in total. The molecule has 9 nitrogen and oxygen atoms in total. The van der Waals surface area contributed by atoms with Crippen molar-refractivity contribution in [1.82, 2.24) is 10.2 Å². The minimum atomic E-state index is -3.96. The monoisotopic (exact) mass is 502 g/mol. The first-order chi connectivity index (χ1) is 16.8. The molecule has 0 bridgehead atoms. The van der Waals surface area contributed by atoms with Crippen LogP contribution >= 0.6 is 0 Å². The number of benzene rings is 2. The Labute approximate surface area is 207 Å². The molecule has 2 aromatic rings. The van der Waals surface area contributed by atoms with Gasteiger partial charge in [0, 0.05) is 50.9 Å². The Morgan fingerprint density at radius 2 is 1.77 bits per heavy atom. The van der Waals surface area contributed by atoms with Gasteiger partial charge < -0.3 is 24.6 Å². The summed E-state index contributed by atoms with van der Waals surface area (Å²) in [6, 6.07) is 9.76. The molecule has 2 aliphatic rings. The van der Waals surface area contributed by atoms with Crippen molar-refractivity contribution in [3.63, 3.8) is 0 Å². The Hall–Kier alpha value is -2.98. The molecule has 35 heavy (non-hydrogen) atoms. The SMILES string of the molecule is COc1ccc(S(=O)(=O)Nc2cc(C(=O)N3CCCC(C)C3)ccc2N2CCNCC2)cc1OC. The lowest BCUT2D eigenvalue weighted by Gasteiger charge is -2.33. The molecule has 2 saturated heterocycles. The van der Waals surface area contributed by atoms with Gasteiger partial charge in [-0.2, -0.15) is 0 Å². The van der Waals surface area contributed by atoms with Gasteiger partial charge in [0.1, 0.15) is 0 Å². The number of likely N-dealkylation sites (tertiary alicyclic amines) is 1. The van der Waals surface area contributed by atoms with E-state index in [1.165, 1.54) is 26.4 Å². The Morgan fingerprint density at radius 3 is 2.46 bits per heavy atom. The predicted octanol–water partition coefficient (Wildman–Crippen LogP) is 2.79. The zero-order chi connectivity index (χ0) is 25.0. The number of ether oxygens (including phenoxy) is 2. The maximum Gasteiger partial charge on any atom is 0.262 e. The number of nitrogens with one attached hydrogen (secondary N) is 2. The van der Waals surface area contributed by atoms with E-state index in [-0.39, 0.29) is 10.8 Å². The molecule has 0 saturated carbocycles. The van der Waals surface area contributed by atoms with Gasteiger partial charge in [-0.3, -0.25) is 9.52 Å². The average Bonchev–Trinajstić information content (AvgIpc) is 2.88. The topological polar surface area (TPSA) is 100 Å². The summed E-state index contributed by atoms with van der Waals surface area (Å²) in [7, 11) is -1.01. The highest BCUT2D eigenvalue weighted by molar-refractivity contribution is 7.92. The Kier molecular flexibility index (Phi) is 7.71. The largest absolute Gasteiger partial charge is 0.493 e. The van der Waals surface area contributed by atoms with Gasteiger partial charge in [-0.25, -0.2) is 8.42 Å². The second-order valence-electron chi connectivity index (χ2n) is 9.09. The second-order valence-corrected chi connectivity index (χ2v) is 10.8. The average molecular weight is 503 g/mol. The fourth-order valence-corrected chi connectivity index (χ4v) is 5.76. The van der Waals surface area contributed by atoms with Crippen molar-refractivity contribution in [2.45, 2.75) is 24.7 Å². The van der Waals surface area contributed by atoms with E-state index < -0.39 is 10.0 Å². The molecule has 0 spiro atoms. The van der Waals surface area contributed by atoms with Crippen LogP contribution in [0.5, 0.6) is 11.5 Å². The minimum absolute atomic E-state index is 0.0444.